The van der Waals surface area contributed by atoms with E-state index in [0.29, 0.717) is 23.9 Å². The molecule has 0 saturated carbocycles. The summed E-state index contributed by atoms with van der Waals surface area (Å²) in [5.41, 5.74) is -0.0484. The van der Waals surface area contributed by atoms with Crippen molar-refractivity contribution in [3.8, 4) is 11.6 Å². The van der Waals surface area contributed by atoms with Crippen molar-refractivity contribution in [2.45, 2.75) is 32.5 Å². The molecule has 1 amide bonds. The summed E-state index contributed by atoms with van der Waals surface area (Å²) >= 11 is 0. The number of amides is 1. The third kappa shape index (κ3) is 4.77. The molecule has 2 rings (SSSR count). The van der Waals surface area contributed by atoms with E-state index in [0.717, 1.165) is 6.54 Å². The van der Waals surface area contributed by atoms with Crippen LogP contribution in [-0.2, 0) is 4.74 Å². The third-order valence-electron chi connectivity index (χ3n) is 2.74. The number of rotatable bonds is 3. The number of likely N-dealkylation sites (N-methyl/N-ethyl adjacent to an activating group) is 1. The molecule has 0 aromatic carbocycles. The lowest BCUT2D eigenvalue weighted by Gasteiger charge is -2.27. The van der Waals surface area contributed by atoms with E-state index >= 15 is 0 Å². The van der Waals surface area contributed by atoms with Gasteiger partial charge in [-0.3, -0.25) is 5.32 Å². The van der Waals surface area contributed by atoms with Crippen LogP contribution in [0.2, 0.25) is 0 Å². The van der Waals surface area contributed by atoms with Crippen LogP contribution in [0.15, 0.2) is 12.3 Å². The van der Waals surface area contributed by atoms with Gasteiger partial charge in [-0.2, -0.15) is 0 Å². The molecule has 22 heavy (non-hydrogen) atoms. The summed E-state index contributed by atoms with van der Waals surface area (Å²) in [6, 6.07) is 1.68. The number of ether oxygens (including phenoxy) is 3. The molecule has 0 saturated heterocycles. The molecule has 0 fully saturated rings. The molecule has 1 atom stereocenters. The number of anilines is 1. The SMILES string of the molecule is CN(C)CC1COc2cc(NC(=O)OC(C)(C)C)cnc2O1. The van der Waals surface area contributed by atoms with Crippen LogP contribution in [0.3, 0.4) is 0 Å². The van der Waals surface area contributed by atoms with E-state index in [1.54, 1.807) is 26.8 Å². The number of pyridine rings is 1. The van der Waals surface area contributed by atoms with Gasteiger partial charge in [0.1, 0.15) is 18.3 Å². The fourth-order valence-electron chi connectivity index (χ4n) is 1.99. The number of hydrogen-bond donors (Lipinski definition) is 1. The van der Waals surface area contributed by atoms with Crippen LogP contribution in [-0.4, -0.2) is 54.9 Å². The van der Waals surface area contributed by atoms with E-state index in [1.165, 1.54) is 6.20 Å². The Morgan fingerprint density at radius 2 is 2.23 bits per heavy atom. The van der Waals surface area contributed by atoms with E-state index in [1.807, 2.05) is 19.0 Å². The lowest BCUT2D eigenvalue weighted by molar-refractivity contribution is 0.0629. The van der Waals surface area contributed by atoms with Crippen LogP contribution < -0.4 is 14.8 Å². The average molecular weight is 309 g/mol. The van der Waals surface area contributed by atoms with Gasteiger partial charge in [0, 0.05) is 12.6 Å². The lowest BCUT2D eigenvalue weighted by Crippen LogP contribution is -2.38. The van der Waals surface area contributed by atoms with Crippen LogP contribution in [0.25, 0.3) is 0 Å². The fourth-order valence-corrected chi connectivity index (χ4v) is 1.99. The molecule has 0 aliphatic carbocycles. The normalized spacial score (nSPS) is 17.3. The van der Waals surface area contributed by atoms with Crippen molar-refractivity contribution in [2.24, 2.45) is 0 Å². The highest BCUT2D eigenvalue weighted by atomic mass is 16.6. The Morgan fingerprint density at radius 1 is 1.50 bits per heavy atom. The Balaban J connectivity index is 2.00. The zero-order valence-electron chi connectivity index (χ0n) is 13.7. The summed E-state index contributed by atoms with van der Waals surface area (Å²) in [4.78, 5) is 17.9. The van der Waals surface area contributed by atoms with Crippen LogP contribution in [0.4, 0.5) is 10.5 Å². The predicted molar refractivity (Wildman–Crippen MR) is 82.6 cm³/mol. The molecule has 7 heteroatoms. The van der Waals surface area contributed by atoms with Gasteiger partial charge in [-0.15, -0.1) is 0 Å². The second-order valence-corrected chi connectivity index (χ2v) is 6.47. The Morgan fingerprint density at radius 3 is 2.86 bits per heavy atom. The smallest absolute Gasteiger partial charge is 0.412 e. The highest BCUT2D eigenvalue weighted by Gasteiger charge is 2.24. The van der Waals surface area contributed by atoms with Crippen LogP contribution in [0, 0.1) is 0 Å². The fraction of sp³-hybridized carbons (Fsp3) is 0.600. The third-order valence-corrected chi connectivity index (χ3v) is 2.74. The minimum atomic E-state index is -0.551. The number of carbonyl (C=O) groups excluding carboxylic acids is 1. The van der Waals surface area contributed by atoms with Crippen molar-refractivity contribution in [2.75, 3.05) is 32.6 Å². The Labute approximate surface area is 130 Å². The monoisotopic (exact) mass is 309 g/mol. The summed E-state index contributed by atoms with van der Waals surface area (Å²) in [6.07, 6.45) is 0.931. The van der Waals surface area contributed by atoms with Crippen LogP contribution in [0.5, 0.6) is 11.6 Å². The molecule has 0 bridgehead atoms. The number of nitrogens with one attached hydrogen (secondary N) is 1. The Hall–Kier alpha value is -2.02. The molecule has 1 unspecified atom stereocenters. The first-order valence-electron chi connectivity index (χ1n) is 7.17. The minimum Gasteiger partial charge on any atom is -0.484 e. The van der Waals surface area contributed by atoms with E-state index in [2.05, 4.69) is 10.3 Å². The summed E-state index contributed by atoms with van der Waals surface area (Å²) in [7, 11) is 3.94. The number of aromatic nitrogens is 1. The molecule has 1 N–H and O–H groups in total. The van der Waals surface area contributed by atoms with E-state index < -0.39 is 11.7 Å². The topological polar surface area (TPSA) is 72.9 Å². The molecule has 1 aliphatic heterocycles. The Bertz CT molecular complexity index is 540. The molecular formula is C15H23N3O4. The molecule has 7 nitrogen and oxygen atoms in total. The molecule has 2 heterocycles. The predicted octanol–water partition coefficient (Wildman–Crippen LogP) is 2.13. The van der Waals surface area contributed by atoms with Crippen LogP contribution in [0.1, 0.15) is 20.8 Å². The van der Waals surface area contributed by atoms with Gasteiger partial charge in [-0.05, 0) is 34.9 Å². The maximum atomic E-state index is 11.7. The van der Waals surface area contributed by atoms with E-state index in [4.69, 9.17) is 14.2 Å². The molecule has 0 radical (unpaired) electrons. The van der Waals surface area contributed by atoms with Gasteiger partial charge in [-0.1, -0.05) is 0 Å². The molecule has 1 aliphatic rings. The standard InChI is InChI=1S/C15H23N3O4/c1-15(2,3)22-14(19)17-10-6-12-13(16-7-10)21-11(9-20-12)8-18(4)5/h6-7,11H,8-9H2,1-5H3,(H,17,19). The summed E-state index contributed by atoms with van der Waals surface area (Å²) < 4.78 is 16.6. The van der Waals surface area contributed by atoms with Crippen LogP contribution >= 0.6 is 0 Å². The van der Waals surface area contributed by atoms with Gasteiger partial charge >= 0.3 is 6.09 Å². The van der Waals surface area contributed by atoms with Crippen molar-refractivity contribution in [3.05, 3.63) is 12.3 Å². The van der Waals surface area contributed by atoms with Gasteiger partial charge in [0.25, 0.3) is 5.88 Å². The molecule has 0 spiro atoms. The summed E-state index contributed by atoms with van der Waals surface area (Å²) in [5, 5.41) is 2.62. The zero-order valence-corrected chi connectivity index (χ0v) is 13.7. The highest BCUT2D eigenvalue weighted by Crippen LogP contribution is 2.31. The van der Waals surface area contributed by atoms with E-state index in [9.17, 15) is 4.79 Å². The first-order valence-corrected chi connectivity index (χ1v) is 7.17. The average Bonchev–Trinajstić information content (AvgIpc) is 2.35. The molecular weight excluding hydrogens is 286 g/mol. The molecule has 1 aromatic heterocycles. The second-order valence-electron chi connectivity index (χ2n) is 6.47. The number of carbonyl (C=O) groups is 1. The maximum Gasteiger partial charge on any atom is 0.412 e. The summed E-state index contributed by atoms with van der Waals surface area (Å²) in [6.45, 7) is 6.61. The van der Waals surface area contributed by atoms with Gasteiger partial charge < -0.3 is 19.1 Å². The molecule has 122 valence electrons. The maximum absolute atomic E-state index is 11.7. The zero-order chi connectivity index (χ0) is 16.3. The first-order chi connectivity index (χ1) is 10.2. The minimum absolute atomic E-state index is 0.0559. The number of hydrogen-bond acceptors (Lipinski definition) is 6. The number of fused-ring (bicyclic) bond motifs is 1. The van der Waals surface area contributed by atoms with E-state index in [-0.39, 0.29) is 6.10 Å². The van der Waals surface area contributed by atoms with Crippen molar-refractivity contribution in [1.29, 1.82) is 0 Å². The quantitative estimate of drug-likeness (QED) is 0.922. The number of nitrogens with zero attached hydrogens (tertiary/aromatic N) is 2. The Kier molecular flexibility index (Phi) is 4.75. The van der Waals surface area contributed by atoms with Gasteiger partial charge in [0.2, 0.25) is 0 Å². The van der Waals surface area contributed by atoms with Gasteiger partial charge in [0.05, 0.1) is 11.9 Å². The van der Waals surface area contributed by atoms with Crippen molar-refractivity contribution >= 4 is 11.8 Å². The first kappa shape index (κ1) is 16.4. The van der Waals surface area contributed by atoms with Crippen molar-refractivity contribution in [1.82, 2.24) is 9.88 Å². The van der Waals surface area contributed by atoms with Gasteiger partial charge in [-0.25, -0.2) is 9.78 Å². The lowest BCUT2D eigenvalue weighted by atomic mass is 10.2. The van der Waals surface area contributed by atoms with Crippen molar-refractivity contribution < 1.29 is 19.0 Å². The van der Waals surface area contributed by atoms with Gasteiger partial charge in [0.15, 0.2) is 5.75 Å². The summed E-state index contributed by atoms with van der Waals surface area (Å²) in [5.74, 6) is 0.955. The second kappa shape index (κ2) is 6.39. The highest BCUT2D eigenvalue weighted by molar-refractivity contribution is 5.85. The molecule has 1 aromatic rings. The largest absolute Gasteiger partial charge is 0.484 e. The van der Waals surface area contributed by atoms with Crippen molar-refractivity contribution in [3.63, 3.8) is 0 Å².